The molecule has 1 aromatic heterocycles. The van der Waals surface area contributed by atoms with Crippen LogP contribution in [-0.2, 0) is 14.3 Å². The van der Waals surface area contributed by atoms with Crippen molar-refractivity contribution in [3.63, 3.8) is 0 Å². The van der Waals surface area contributed by atoms with Gasteiger partial charge in [-0.3, -0.25) is 14.6 Å². The number of rotatable bonds is 3. The summed E-state index contributed by atoms with van der Waals surface area (Å²) in [5.74, 6) is -1.88. The van der Waals surface area contributed by atoms with E-state index in [9.17, 15) is 19.8 Å². The van der Waals surface area contributed by atoms with Crippen LogP contribution in [0.3, 0.4) is 0 Å². The van der Waals surface area contributed by atoms with Gasteiger partial charge in [0.1, 0.15) is 11.6 Å². The van der Waals surface area contributed by atoms with E-state index in [-0.39, 0.29) is 30.6 Å². The van der Waals surface area contributed by atoms with Crippen LogP contribution in [0, 0.1) is 17.3 Å². The van der Waals surface area contributed by atoms with E-state index in [0.29, 0.717) is 25.0 Å². The molecule has 1 aromatic rings. The number of hydrogen-bond donors (Lipinski definition) is 3. The number of nitrogens with zero attached hydrogens (tertiary/aromatic N) is 1. The quantitative estimate of drug-likeness (QED) is 0.521. The zero-order valence-corrected chi connectivity index (χ0v) is 22.2. The zero-order chi connectivity index (χ0) is 26.8. The fourth-order valence-electron chi connectivity index (χ4n) is 6.19. The highest BCUT2D eigenvalue weighted by atomic mass is 19.1. The van der Waals surface area contributed by atoms with E-state index in [4.69, 9.17) is 4.74 Å². The first-order valence-corrected chi connectivity index (χ1v) is 13.8. The third-order valence-corrected chi connectivity index (χ3v) is 8.98. The first kappa shape index (κ1) is 27.9. The summed E-state index contributed by atoms with van der Waals surface area (Å²) < 4.78 is 21.4. The van der Waals surface area contributed by atoms with Gasteiger partial charge in [0.2, 0.25) is 5.91 Å². The van der Waals surface area contributed by atoms with E-state index in [1.807, 2.05) is 20.8 Å². The molecule has 3 N–H and O–H groups in total. The maximum absolute atomic E-state index is 15.4. The molecule has 204 valence electrons. The van der Waals surface area contributed by atoms with Crippen molar-refractivity contribution in [1.29, 1.82) is 0 Å². The first-order valence-electron chi connectivity index (χ1n) is 13.8. The number of ether oxygens (including phenoxy) is 1. The molecule has 2 aliphatic heterocycles. The molecule has 4 rings (SSSR count). The number of carbonyl (C=O) groups excluding carboxylic acids is 2. The van der Waals surface area contributed by atoms with Gasteiger partial charge in [-0.15, -0.1) is 0 Å². The van der Waals surface area contributed by atoms with Crippen LogP contribution in [0.5, 0.6) is 0 Å². The standard InChI is InChI=1S/C29H41FN2O5/c1-4-20-26(35)18(2)9-7-11-28(3)24(37-28)16-22(21(30)15-19-10-5-6-14-31-19)32-25(34)17-23(33)29(27(20)36)12-8-13-29/h5-6,10,14-15,18,20,22-24,26,33,35H,4,7-9,11-13,16-17H2,1-3H3,(H,32,34)/t18-,20+,22-,23-,24?,26-,28?/m0/s1. The molecule has 0 bridgehead atoms. The normalized spacial score (nSPS) is 37.4. The van der Waals surface area contributed by atoms with E-state index in [0.717, 1.165) is 25.7 Å². The summed E-state index contributed by atoms with van der Waals surface area (Å²) in [6, 6.07) is 4.26. The second-order valence-electron chi connectivity index (χ2n) is 11.5. The van der Waals surface area contributed by atoms with Crippen LogP contribution >= 0.6 is 0 Å². The topological polar surface area (TPSA) is 112 Å². The van der Waals surface area contributed by atoms with Crippen LogP contribution in [0.4, 0.5) is 4.39 Å². The highest BCUT2D eigenvalue weighted by Crippen LogP contribution is 2.49. The molecule has 2 unspecified atom stereocenters. The molecule has 3 aliphatic rings. The van der Waals surface area contributed by atoms with Crippen LogP contribution in [0.15, 0.2) is 30.2 Å². The van der Waals surface area contributed by atoms with Crippen molar-refractivity contribution in [2.45, 2.75) is 109 Å². The number of Topliss-reactive ketones (excluding diaryl/α,β-unsaturated/α-hetero) is 1. The Balaban J connectivity index is 1.60. The molecule has 3 heterocycles. The van der Waals surface area contributed by atoms with Crippen LogP contribution in [0.25, 0.3) is 6.08 Å². The summed E-state index contributed by atoms with van der Waals surface area (Å²) in [7, 11) is 0. The van der Waals surface area contributed by atoms with Crippen molar-refractivity contribution >= 4 is 17.8 Å². The van der Waals surface area contributed by atoms with Gasteiger partial charge in [-0.2, -0.15) is 0 Å². The predicted octanol–water partition coefficient (Wildman–Crippen LogP) is 4.12. The average molecular weight is 517 g/mol. The van der Waals surface area contributed by atoms with Crippen molar-refractivity contribution in [1.82, 2.24) is 10.3 Å². The van der Waals surface area contributed by atoms with E-state index < -0.39 is 46.9 Å². The number of aliphatic hydroxyl groups excluding tert-OH is 2. The number of ketones is 1. The SMILES string of the molecule is CC[C@H]1C(=O)C2(CCC2)[C@@H](O)CC(=O)N[C@H](C(F)=Cc2ccccn2)CC2OC2(C)CCC[C@H](C)[C@@H]1O. The largest absolute Gasteiger partial charge is 0.392 e. The molecule has 2 saturated heterocycles. The third kappa shape index (κ3) is 5.96. The Hall–Kier alpha value is -2.16. The smallest absolute Gasteiger partial charge is 0.223 e. The highest BCUT2D eigenvalue weighted by Gasteiger charge is 2.55. The monoisotopic (exact) mass is 516 g/mol. The highest BCUT2D eigenvalue weighted by molar-refractivity contribution is 5.90. The Morgan fingerprint density at radius 3 is 2.62 bits per heavy atom. The van der Waals surface area contributed by atoms with Crippen LogP contribution in [-0.4, -0.2) is 56.8 Å². The predicted molar refractivity (Wildman–Crippen MR) is 138 cm³/mol. The molecule has 7 atom stereocenters. The third-order valence-electron chi connectivity index (χ3n) is 8.98. The Bertz CT molecular complexity index is 997. The lowest BCUT2D eigenvalue weighted by molar-refractivity contribution is -0.155. The second-order valence-corrected chi connectivity index (χ2v) is 11.5. The number of aromatic nitrogens is 1. The fourth-order valence-corrected chi connectivity index (χ4v) is 6.19. The van der Waals surface area contributed by atoms with Gasteiger partial charge in [-0.1, -0.05) is 32.8 Å². The van der Waals surface area contributed by atoms with Gasteiger partial charge in [0.05, 0.1) is 47.5 Å². The lowest BCUT2D eigenvalue weighted by Gasteiger charge is -2.46. The van der Waals surface area contributed by atoms with Crippen molar-refractivity contribution in [3.8, 4) is 0 Å². The Kier molecular flexibility index (Phi) is 8.51. The molecule has 37 heavy (non-hydrogen) atoms. The van der Waals surface area contributed by atoms with Crippen molar-refractivity contribution in [2.75, 3.05) is 0 Å². The molecule has 1 spiro atoms. The molecule has 0 aromatic carbocycles. The van der Waals surface area contributed by atoms with E-state index in [1.54, 1.807) is 24.4 Å². The lowest BCUT2D eigenvalue weighted by Crippen LogP contribution is -2.54. The van der Waals surface area contributed by atoms with Gasteiger partial charge < -0.3 is 20.3 Å². The Labute approximate surface area is 218 Å². The Morgan fingerprint density at radius 1 is 1.24 bits per heavy atom. The number of carbonyl (C=O) groups is 2. The fraction of sp³-hybridized carbons (Fsp3) is 0.690. The molecule has 1 aliphatic carbocycles. The number of hydrogen-bond acceptors (Lipinski definition) is 6. The van der Waals surface area contributed by atoms with Gasteiger partial charge in [-0.25, -0.2) is 4.39 Å². The number of aliphatic hydroxyl groups is 2. The molecular weight excluding hydrogens is 475 g/mol. The van der Waals surface area contributed by atoms with Crippen LogP contribution < -0.4 is 5.32 Å². The number of pyridine rings is 1. The lowest BCUT2D eigenvalue weighted by atomic mass is 9.58. The minimum atomic E-state index is -1.19. The molecule has 8 heteroatoms. The molecular formula is C29H41FN2O5. The molecule has 1 saturated carbocycles. The minimum Gasteiger partial charge on any atom is -0.392 e. The van der Waals surface area contributed by atoms with E-state index >= 15 is 4.39 Å². The summed E-state index contributed by atoms with van der Waals surface area (Å²) in [4.78, 5) is 30.9. The summed E-state index contributed by atoms with van der Waals surface area (Å²) in [6.45, 7) is 5.83. The molecule has 1 amide bonds. The average Bonchev–Trinajstić information content (AvgIpc) is 3.46. The number of halogens is 1. The summed E-state index contributed by atoms with van der Waals surface area (Å²) in [5.41, 5.74) is -1.02. The van der Waals surface area contributed by atoms with E-state index in [1.165, 1.54) is 6.08 Å². The maximum Gasteiger partial charge on any atom is 0.223 e. The summed E-state index contributed by atoms with van der Waals surface area (Å²) >= 11 is 0. The Morgan fingerprint density at radius 2 is 2.00 bits per heavy atom. The summed E-state index contributed by atoms with van der Waals surface area (Å²) in [6.07, 6.45) is 5.14. The maximum atomic E-state index is 15.4. The molecule has 0 radical (unpaired) electrons. The number of nitrogens with one attached hydrogen (secondary N) is 1. The van der Waals surface area contributed by atoms with Crippen molar-refractivity contribution < 1.29 is 28.9 Å². The number of amides is 1. The number of epoxide rings is 1. The van der Waals surface area contributed by atoms with Crippen LogP contribution in [0.2, 0.25) is 0 Å². The molecule has 7 nitrogen and oxygen atoms in total. The van der Waals surface area contributed by atoms with Gasteiger partial charge in [0, 0.05) is 18.5 Å². The van der Waals surface area contributed by atoms with Gasteiger partial charge >= 0.3 is 0 Å². The van der Waals surface area contributed by atoms with E-state index in [2.05, 4.69) is 10.3 Å². The van der Waals surface area contributed by atoms with Gasteiger partial charge in [0.25, 0.3) is 0 Å². The minimum absolute atomic E-state index is 0.0910. The van der Waals surface area contributed by atoms with Crippen LogP contribution in [0.1, 0.15) is 84.3 Å². The first-order chi connectivity index (χ1) is 17.6. The van der Waals surface area contributed by atoms with Crippen molar-refractivity contribution in [3.05, 3.63) is 35.9 Å². The second kappa shape index (κ2) is 11.3. The zero-order valence-electron chi connectivity index (χ0n) is 22.2. The van der Waals surface area contributed by atoms with Gasteiger partial charge in [0.15, 0.2) is 0 Å². The molecule has 3 fully saturated rings. The van der Waals surface area contributed by atoms with Crippen molar-refractivity contribution in [2.24, 2.45) is 17.3 Å². The van der Waals surface area contributed by atoms with Gasteiger partial charge in [-0.05, 0) is 63.2 Å². The number of fused-ring (bicyclic) bond motifs is 1. The summed E-state index contributed by atoms with van der Waals surface area (Å²) in [5, 5.41) is 25.0.